The van der Waals surface area contributed by atoms with Crippen LogP contribution in [0.15, 0.2) is 54.7 Å². The summed E-state index contributed by atoms with van der Waals surface area (Å²) in [5, 5.41) is 10.4. The average Bonchev–Trinajstić information content (AvgIpc) is 2.99. The molecule has 6 nitrogen and oxygen atoms in total. The van der Waals surface area contributed by atoms with Crippen molar-refractivity contribution in [3.8, 4) is 5.75 Å². The van der Waals surface area contributed by atoms with Crippen LogP contribution in [0.4, 0.5) is 0 Å². The van der Waals surface area contributed by atoms with Crippen molar-refractivity contribution in [3.63, 3.8) is 0 Å². The summed E-state index contributed by atoms with van der Waals surface area (Å²) in [6, 6.07) is 14.7. The van der Waals surface area contributed by atoms with E-state index < -0.39 is 6.23 Å². The van der Waals surface area contributed by atoms with Crippen molar-refractivity contribution >= 4 is 17.3 Å². The van der Waals surface area contributed by atoms with Gasteiger partial charge in [0.1, 0.15) is 5.75 Å². The Labute approximate surface area is 183 Å². The predicted octanol–water partition coefficient (Wildman–Crippen LogP) is 3.73. The number of amides is 1. The summed E-state index contributed by atoms with van der Waals surface area (Å²) in [4.78, 5) is 27.8. The van der Waals surface area contributed by atoms with Gasteiger partial charge in [-0.15, -0.1) is 0 Å². The second kappa shape index (κ2) is 9.79. The van der Waals surface area contributed by atoms with Crippen LogP contribution in [0.25, 0.3) is 5.57 Å². The van der Waals surface area contributed by atoms with Crippen molar-refractivity contribution in [3.05, 3.63) is 71.4 Å². The topological polar surface area (TPSA) is 70.1 Å². The molecular formula is C25H30N2O4. The first-order valence-corrected chi connectivity index (χ1v) is 10.5. The number of carbonyl (C=O) groups excluding carboxylic acids is 2. The zero-order valence-corrected chi connectivity index (χ0v) is 18.5. The molecule has 164 valence electrons. The van der Waals surface area contributed by atoms with Gasteiger partial charge in [0.2, 0.25) is 0 Å². The van der Waals surface area contributed by atoms with E-state index in [-0.39, 0.29) is 17.6 Å². The van der Waals surface area contributed by atoms with Crippen LogP contribution in [-0.2, 0) is 4.79 Å². The molecule has 1 amide bonds. The van der Waals surface area contributed by atoms with Gasteiger partial charge < -0.3 is 19.6 Å². The summed E-state index contributed by atoms with van der Waals surface area (Å²) >= 11 is 0. The van der Waals surface area contributed by atoms with Gasteiger partial charge in [-0.1, -0.05) is 37.3 Å². The molecule has 31 heavy (non-hydrogen) atoms. The largest absolute Gasteiger partial charge is 0.493 e. The number of hydrogen-bond donors (Lipinski definition) is 1. The standard InChI is InChI=1S/C25H30N2O4/c1-17(13-14-27-24(29)21-7-5-6-8-22(21)25(27)30)16-31-20-11-9-19(10-12-20)23(18(2)28)15-26(3)4/h5-12,15,17,24,29H,13-14,16H2,1-4H3/b23-15+. The minimum absolute atomic E-state index is 0.0109. The minimum atomic E-state index is -0.880. The maximum Gasteiger partial charge on any atom is 0.256 e. The monoisotopic (exact) mass is 422 g/mol. The zero-order valence-electron chi connectivity index (χ0n) is 18.5. The van der Waals surface area contributed by atoms with Crippen molar-refractivity contribution in [2.75, 3.05) is 27.2 Å². The number of hydrogen-bond acceptors (Lipinski definition) is 5. The van der Waals surface area contributed by atoms with E-state index in [4.69, 9.17) is 4.74 Å². The lowest BCUT2D eigenvalue weighted by Crippen LogP contribution is -2.30. The second-order valence-corrected chi connectivity index (χ2v) is 8.25. The van der Waals surface area contributed by atoms with Crippen molar-refractivity contribution in [1.29, 1.82) is 0 Å². The number of Topliss-reactive ketones (excluding diaryl/α,β-unsaturated/α-hetero) is 1. The molecule has 0 spiro atoms. The number of aliphatic hydroxyl groups excluding tert-OH is 1. The van der Waals surface area contributed by atoms with Crippen LogP contribution in [0.2, 0.25) is 0 Å². The van der Waals surface area contributed by atoms with Gasteiger partial charge in [0, 0.05) is 43.5 Å². The summed E-state index contributed by atoms with van der Waals surface area (Å²) in [6.07, 6.45) is 1.65. The third-order valence-electron chi connectivity index (χ3n) is 5.35. The number of rotatable bonds is 9. The molecule has 2 aromatic rings. The summed E-state index contributed by atoms with van der Waals surface area (Å²) in [5.41, 5.74) is 2.75. The lowest BCUT2D eigenvalue weighted by Gasteiger charge is -2.23. The molecule has 2 atom stereocenters. The highest BCUT2D eigenvalue weighted by Crippen LogP contribution is 2.31. The van der Waals surface area contributed by atoms with E-state index in [2.05, 4.69) is 6.92 Å². The molecule has 1 aliphatic rings. The molecule has 1 N–H and O–H groups in total. The highest BCUT2D eigenvalue weighted by Gasteiger charge is 2.34. The van der Waals surface area contributed by atoms with Gasteiger partial charge in [0.25, 0.3) is 5.91 Å². The fourth-order valence-electron chi connectivity index (χ4n) is 3.61. The van der Waals surface area contributed by atoms with E-state index in [9.17, 15) is 14.7 Å². The molecule has 1 aliphatic heterocycles. The molecule has 0 radical (unpaired) electrons. The van der Waals surface area contributed by atoms with Crippen LogP contribution >= 0.6 is 0 Å². The Morgan fingerprint density at radius 1 is 1.19 bits per heavy atom. The number of ether oxygens (including phenoxy) is 1. The lowest BCUT2D eigenvalue weighted by molar-refractivity contribution is -0.111. The fourth-order valence-corrected chi connectivity index (χ4v) is 3.61. The van der Waals surface area contributed by atoms with Gasteiger partial charge in [-0.25, -0.2) is 0 Å². The lowest BCUT2D eigenvalue weighted by atomic mass is 10.0. The van der Waals surface area contributed by atoms with Crippen LogP contribution in [0, 0.1) is 5.92 Å². The summed E-state index contributed by atoms with van der Waals surface area (Å²) in [5.74, 6) is 0.813. The van der Waals surface area contributed by atoms with E-state index in [1.54, 1.807) is 19.1 Å². The van der Waals surface area contributed by atoms with E-state index in [1.807, 2.05) is 61.6 Å². The van der Waals surface area contributed by atoms with Crippen LogP contribution in [0.1, 0.15) is 48.0 Å². The Kier molecular flexibility index (Phi) is 7.13. The summed E-state index contributed by atoms with van der Waals surface area (Å²) in [6.45, 7) is 4.58. The van der Waals surface area contributed by atoms with Gasteiger partial charge >= 0.3 is 0 Å². The van der Waals surface area contributed by atoms with Crippen LogP contribution in [0.5, 0.6) is 5.75 Å². The molecule has 0 aliphatic carbocycles. The molecule has 0 aromatic heterocycles. The fraction of sp³-hybridized carbons (Fsp3) is 0.360. The van der Waals surface area contributed by atoms with Crippen LogP contribution in [-0.4, -0.2) is 53.8 Å². The van der Waals surface area contributed by atoms with Gasteiger partial charge in [-0.3, -0.25) is 9.59 Å². The van der Waals surface area contributed by atoms with E-state index >= 15 is 0 Å². The Hall–Kier alpha value is -3.12. The number of nitrogens with zero attached hydrogens (tertiary/aromatic N) is 2. The third kappa shape index (κ3) is 5.33. The highest BCUT2D eigenvalue weighted by atomic mass is 16.5. The summed E-state index contributed by atoms with van der Waals surface area (Å²) < 4.78 is 5.89. The maximum atomic E-state index is 12.5. The number of aliphatic hydroxyl groups is 1. The Morgan fingerprint density at radius 2 is 1.87 bits per heavy atom. The van der Waals surface area contributed by atoms with Gasteiger partial charge in [-0.2, -0.15) is 0 Å². The minimum Gasteiger partial charge on any atom is -0.493 e. The van der Waals surface area contributed by atoms with Gasteiger partial charge in [0.05, 0.1) is 6.61 Å². The van der Waals surface area contributed by atoms with E-state index in [1.165, 1.54) is 4.90 Å². The Morgan fingerprint density at radius 3 is 2.48 bits per heavy atom. The molecule has 0 saturated carbocycles. The first-order chi connectivity index (χ1) is 14.8. The quantitative estimate of drug-likeness (QED) is 0.624. The van der Waals surface area contributed by atoms with Crippen molar-refractivity contribution < 1.29 is 19.4 Å². The molecule has 2 aromatic carbocycles. The second-order valence-electron chi connectivity index (χ2n) is 8.25. The average molecular weight is 423 g/mol. The summed E-state index contributed by atoms with van der Waals surface area (Å²) in [7, 11) is 3.77. The Bertz CT molecular complexity index is 966. The normalized spacial score (nSPS) is 16.8. The molecule has 0 bridgehead atoms. The van der Waals surface area contributed by atoms with Gasteiger partial charge in [0.15, 0.2) is 12.0 Å². The van der Waals surface area contributed by atoms with E-state index in [0.29, 0.717) is 29.9 Å². The SMILES string of the molecule is CC(=O)/C(=C\N(C)C)c1ccc(OCC(C)CCN2C(=O)c3ccccc3C2O)cc1. The van der Waals surface area contributed by atoms with Crippen molar-refractivity contribution in [2.24, 2.45) is 5.92 Å². The molecule has 1 heterocycles. The molecule has 3 rings (SSSR count). The number of fused-ring (bicyclic) bond motifs is 1. The maximum absolute atomic E-state index is 12.5. The number of ketones is 1. The molecule has 2 unspecified atom stereocenters. The molecule has 0 saturated heterocycles. The van der Waals surface area contributed by atoms with Crippen molar-refractivity contribution in [1.82, 2.24) is 9.80 Å². The zero-order chi connectivity index (χ0) is 22.5. The number of benzene rings is 2. The molecular weight excluding hydrogens is 392 g/mol. The first-order valence-electron chi connectivity index (χ1n) is 10.5. The number of carbonyl (C=O) groups is 2. The van der Waals surface area contributed by atoms with Crippen LogP contribution < -0.4 is 4.74 Å². The first kappa shape index (κ1) is 22.6. The highest BCUT2D eigenvalue weighted by molar-refractivity contribution is 6.19. The molecule has 6 heteroatoms. The molecule has 0 fully saturated rings. The van der Waals surface area contributed by atoms with Crippen LogP contribution in [0.3, 0.4) is 0 Å². The predicted molar refractivity (Wildman–Crippen MR) is 121 cm³/mol. The van der Waals surface area contributed by atoms with E-state index in [0.717, 1.165) is 17.7 Å². The smallest absolute Gasteiger partial charge is 0.256 e. The Balaban J connectivity index is 1.52. The third-order valence-corrected chi connectivity index (χ3v) is 5.35. The number of allylic oxidation sites excluding steroid dienone is 1. The van der Waals surface area contributed by atoms with Gasteiger partial charge in [-0.05, 0) is 43.0 Å². The van der Waals surface area contributed by atoms with Crippen molar-refractivity contribution in [2.45, 2.75) is 26.5 Å².